The van der Waals surface area contributed by atoms with E-state index in [0.29, 0.717) is 16.9 Å². The molecule has 1 aromatic carbocycles. The first-order chi connectivity index (χ1) is 8.38. The number of benzene rings is 1. The molecule has 0 heterocycles. The van der Waals surface area contributed by atoms with Gasteiger partial charge in [-0.1, -0.05) is 0 Å². The molecule has 1 aromatic rings. The zero-order chi connectivity index (χ0) is 13.8. The van der Waals surface area contributed by atoms with E-state index in [2.05, 4.69) is 0 Å². The van der Waals surface area contributed by atoms with Crippen LogP contribution in [-0.4, -0.2) is 19.4 Å². The van der Waals surface area contributed by atoms with E-state index in [0.717, 1.165) is 6.92 Å². The van der Waals surface area contributed by atoms with Crippen LogP contribution in [0, 0.1) is 11.3 Å². The topological polar surface area (TPSA) is 42.2 Å². The Morgan fingerprint density at radius 1 is 1.39 bits per heavy atom. The molecular weight excluding hydrogens is 247 g/mol. The van der Waals surface area contributed by atoms with Gasteiger partial charge in [0.25, 0.3) is 0 Å². The van der Waals surface area contributed by atoms with Crippen LogP contribution in [0.25, 0.3) is 0 Å². The van der Waals surface area contributed by atoms with E-state index in [4.69, 9.17) is 14.7 Å². The standard InChI is InChI=1S/C12H12F3NO2/c1-8(12(13,14)15)18-7-10-5-9(6-16)3-4-11(10)17-2/h3-5,8H,7H2,1-2H3. The van der Waals surface area contributed by atoms with Crippen molar-refractivity contribution < 1.29 is 22.6 Å². The molecule has 0 fully saturated rings. The Labute approximate surface area is 103 Å². The number of hydrogen-bond acceptors (Lipinski definition) is 3. The number of hydrogen-bond donors (Lipinski definition) is 0. The van der Waals surface area contributed by atoms with Crippen molar-refractivity contribution >= 4 is 0 Å². The zero-order valence-corrected chi connectivity index (χ0v) is 9.91. The Kier molecular flexibility index (Phi) is 4.56. The second kappa shape index (κ2) is 5.74. The lowest BCUT2D eigenvalue weighted by atomic mass is 10.1. The summed E-state index contributed by atoms with van der Waals surface area (Å²) in [4.78, 5) is 0. The summed E-state index contributed by atoms with van der Waals surface area (Å²) >= 11 is 0. The molecule has 0 spiro atoms. The Morgan fingerprint density at radius 2 is 2.06 bits per heavy atom. The molecule has 1 atom stereocenters. The van der Waals surface area contributed by atoms with E-state index >= 15 is 0 Å². The first-order valence-electron chi connectivity index (χ1n) is 5.13. The Bertz CT molecular complexity index is 452. The maximum Gasteiger partial charge on any atom is 0.414 e. The first-order valence-corrected chi connectivity index (χ1v) is 5.13. The molecule has 98 valence electrons. The van der Waals surface area contributed by atoms with E-state index in [1.807, 2.05) is 6.07 Å². The fourth-order valence-corrected chi connectivity index (χ4v) is 1.27. The number of rotatable bonds is 4. The maximum absolute atomic E-state index is 12.3. The van der Waals surface area contributed by atoms with Crippen molar-refractivity contribution in [3.8, 4) is 11.8 Å². The third-order valence-electron chi connectivity index (χ3n) is 2.36. The number of halogens is 3. The smallest absolute Gasteiger partial charge is 0.414 e. The highest BCUT2D eigenvalue weighted by molar-refractivity contribution is 5.41. The lowest BCUT2D eigenvalue weighted by Crippen LogP contribution is -2.28. The molecule has 0 N–H and O–H groups in total. The molecule has 0 saturated carbocycles. The molecule has 0 aliphatic heterocycles. The van der Waals surface area contributed by atoms with Crippen molar-refractivity contribution in [3.05, 3.63) is 29.3 Å². The number of alkyl halides is 3. The van der Waals surface area contributed by atoms with Gasteiger partial charge in [-0.15, -0.1) is 0 Å². The summed E-state index contributed by atoms with van der Waals surface area (Å²) in [6, 6.07) is 6.40. The van der Waals surface area contributed by atoms with Crippen LogP contribution in [0.15, 0.2) is 18.2 Å². The zero-order valence-electron chi connectivity index (χ0n) is 9.91. The summed E-state index contributed by atoms with van der Waals surface area (Å²) in [6.07, 6.45) is -6.27. The predicted molar refractivity (Wildman–Crippen MR) is 58.0 cm³/mol. The molecule has 18 heavy (non-hydrogen) atoms. The van der Waals surface area contributed by atoms with Crippen LogP contribution in [0.4, 0.5) is 13.2 Å². The van der Waals surface area contributed by atoms with Gasteiger partial charge < -0.3 is 9.47 Å². The van der Waals surface area contributed by atoms with Gasteiger partial charge in [-0.3, -0.25) is 0 Å². The van der Waals surface area contributed by atoms with Crippen molar-refractivity contribution in [2.75, 3.05) is 7.11 Å². The highest BCUT2D eigenvalue weighted by Crippen LogP contribution is 2.26. The Morgan fingerprint density at radius 3 is 2.56 bits per heavy atom. The van der Waals surface area contributed by atoms with Crippen molar-refractivity contribution in [2.45, 2.75) is 25.8 Å². The average Bonchev–Trinajstić information content (AvgIpc) is 2.34. The van der Waals surface area contributed by atoms with Gasteiger partial charge in [0.1, 0.15) is 5.75 Å². The van der Waals surface area contributed by atoms with Gasteiger partial charge in [0.05, 0.1) is 25.3 Å². The molecule has 0 aliphatic carbocycles. The molecule has 0 amide bonds. The summed E-state index contributed by atoms with van der Waals surface area (Å²) in [5.41, 5.74) is 0.752. The van der Waals surface area contributed by atoms with Gasteiger partial charge in [0.2, 0.25) is 0 Å². The second-order valence-corrected chi connectivity index (χ2v) is 3.63. The minimum Gasteiger partial charge on any atom is -0.496 e. The van der Waals surface area contributed by atoms with Crippen LogP contribution in [0.1, 0.15) is 18.1 Å². The van der Waals surface area contributed by atoms with Gasteiger partial charge in [0, 0.05) is 5.56 Å². The molecule has 1 unspecified atom stereocenters. The fraction of sp³-hybridized carbons (Fsp3) is 0.417. The van der Waals surface area contributed by atoms with Crippen LogP contribution >= 0.6 is 0 Å². The third-order valence-corrected chi connectivity index (χ3v) is 2.36. The van der Waals surface area contributed by atoms with Crippen LogP contribution in [0.5, 0.6) is 5.75 Å². The molecular formula is C12H12F3NO2. The van der Waals surface area contributed by atoms with E-state index in [1.165, 1.54) is 25.3 Å². The summed E-state index contributed by atoms with van der Waals surface area (Å²) in [7, 11) is 1.40. The molecule has 0 aromatic heterocycles. The maximum atomic E-state index is 12.3. The Hall–Kier alpha value is -1.74. The van der Waals surface area contributed by atoms with Crippen LogP contribution in [0.3, 0.4) is 0 Å². The van der Waals surface area contributed by atoms with Crippen LogP contribution in [-0.2, 0) is 11.3 Å². The SMILES string of the molecule is COc1ccc(C#N)cc1COC(C)C(F)(F)F. The van der Waals surface area contributed by atoms with Gasteiger partial charge in [-0.2, -0.15) is 18.4 Å². The number of ether oxygens (including phenoxy) is 2. The highest BCUT2D eigenvalue weighted by atomic mass is 19.4. The molecule has 3 nitrogen and oxygen atoms in total. The van der Waals surface area contributed by atoms with E-state index in [-0.39, 0.29) is 6.61 Å². The lowest BCUT2D eigenvalue weighted by molar-refractivity contribution is -0.217. The van der Waals surface area contributed by atoms with E-state index in [1.54, 1.807) is 0 Å². The molecule has 0 saturated heterocycles. The fourth-order valence-electron chi connectivity index (χ4n) is 1.27. The van der Waals surface area contributed by atoms with E-state index in [9.17, 15) is 13.2 Å². The Balaban J connectivity index is 2.81. The minimum absolute atomic E-state index is 0.265. The predicted octanol–water partition coefficient (Wildman–Crippen LogP) is 3.03. The molecule has 0 aliphatic rings. The quantitative estimate of drug-likeness (QED) is 0.834. The largest absolute Gasteiger partial charge is 0.496 e. The third kappa shape index (κ3) is 3.64. The first kappa shape index (κ1) is 14.3. The lowest BCUT2D eigenvalue weighted by Gasteiger charge is -2.17. The number of methoxy groups -OCH3 is 1. The van der Waals surface area contributed by atoms with Crippen molar-refractivity contribution in [3.63, 3.8) is 0 Å². The summed E-state index contributed by atoms with van der Waals surface area (Å²) < 4.78 is 46.5. The minimum atomic E-state index is -4.40. The summed E-state index contributed by atoms with van der Waals surface area (Å²) in [6.45, 7) is 0.667. The second-order valence-electron chi connectivity index (χ2n) is 3.63. The average molecular weight is 259 g/mol. The molecule has 1 rings (SSSR count). The summed E-state index contributed by atoms with van der Waals surface area (Å²) in [5.74, 6) is 0.392. The van der Waals surface area contributed by atoms with Gasteiger partial charge >= 0.3 is 6.18 Å². The summed E-state index contributed by atoms with van der Waals surface area (Å²) in [5, 5.41) is 8.72. The van der Waals surface area contributed by atoms with Crippen molar-refractivity contribution in [2.24, 2.45) is 0 Å². The normalized spacial score (nSPS) is 12.9. The van der Waals surface area contributed by atoms with Gasteiger partial charge in [-0.05, 0) is 25.1 Å². The highest BCUT2D eigenvalue weighted by Gasteiger charge is 2.36. The van der Waals surface area contributed by atoms with E-state index < -0.39 is 12.3 Å². The molecule has 6 heteroatoms. The number of nitriles is 1. The van der Waals surface area contributed by atoms with Gasteiger partial charge in [0.15, 0.2) is 6.10 Å². The molecule has 0 bridgehead atoms. The van der Waals surface area contributed by atoms with Crippen molar-refractivity contribution in [1.82, 2.24) is 0 Å². The number of nitrogens with zero attached hydrogens (tertiary/aromatic N) is 1. The monoisotopic (exact) mass is 259 g/mol. The van der Waals surface area contributed by atoms with Gasteiger partial charge in [-0.25, -0.2) is 0 Å². The van der Waals surface area contributed by atoms with Crippen molar-refractivity contribution in [1.29, 1.82) is 5.26 Å². The van der Waals surface area contributed by atoms with Crippen LogP contribution < -0.4 is 4.74 Å². The molecule has 0 radical (unpaired) electrons. The van der Waals surface area contributed by atoms with Crippen LogP contribution in [0.2, 0.25) is 0 Å².